The molecule has 1 amide bonds. The second kappa shape index (κ2) is 9.32. The Kier molecular flexibility index (Phi) is 6.28. The normalized spacial score (nSPS) is 11.2. The first-order chi connectivity index (χ1) is 16.3. The number of carbonyl (C=O) groups excluding carboxylic acids is 1. The molecule has 4 rings (SSSR count). The number of nitrogens with one attached hydrogen (secondary N) is 2. The van der Waals surface area contributed by atoms with Crippen LogP contribution < -0.4 is 20.3 Å². The van der Waals surface area contributed by atoms with E-state index in [4.69, 9.17) is 4.74 Å². The third kappa shape index (κ3) is 4.89. The lowest BCUT2D eigenvalue weighted by Crippen LogP contribution is -2.28. The zero-order valence-electron chi connectivity index (χ0n) is 17.9. The second-order valence-electron chi connectivity index (χ2n) is 7.22. The smallest absolute Gasteiger partial charge is 0.262 e. The summed E-state index contributed by atoms with van der Waals surface area (Å²) in [5.41, 5.74) is 0.209. The van der Waals surface area contributed by atoms with Gasteiger partial charge in [0.15, 0.2) is 0 Å². The number of hydrogen-bond acceptors (Lipinski definition) is 6. The van der Waals surface area contributed by atoms with Gasteiger partial charge < -0.3 is 10.1 Å². The number of halogens is 1. The molecule has 0 fully saturated rings. The molecule has 0 radical (unpaired) electrons. The maximum absolute atomic E-state index is 13.5. The van der Waals surface area contributed by atoms with Crippen molar-refractivity contribution in [1.82, 2.24) is 9.55 Å². The van der Waals surface area contributed by atoms with Crippen LogP contribution in [0.1, 0.15) is 0 Å². The van der Waals surface area contributed by atoms with Gasteiger partial charge in [-0.3, -0.25) is 18.9 Å². The van der Waals surface area contributed by atoms with E-state index in [1.807, 2.05) is 0 Å². The van der Waals surface area contributed by atoms with E-state index in [1.165, 1.54) is 49.8 Å². The Hall–Kier alpha value is -4.25. The fraction of sp³-hybridized carbons (Fsp3) is 0.0870. The number of anilines is 2. The van der Waals surface area contributed by atoms with Crippen LogP contribution in [0.25, 0.3) is 10.9 Å². The summed E-state index contributed by atoms with van der Waals surface area (Å²) in [4.78, 5) is 29.1. The highest BCUT2D eigenvalue weighted by atomic mass is 32.2. The second-order valence-corrected chi connectivity index (χ2v) is 8.90. The van der Waals surface area contributed by atoms with Crippen LogP contribution in [0, 0.1) is 5.82 Å². The molecule has 0 saturated heterocycles. The number of methoxy groups -OCH3 is 1. The minimum absolute atomic E-state index is 0.0470. The number of amides is 1. The lowest BCUT2D eigenvalue weighted by molar-refractivity contribution is -0.116. The number of sulfonamides is 1. The monoisotopic (exact) mass is 482 g/mol. The molecule has 0 unspecified atom stereocenters. The molecule has 4 aromatic rings. The molecule has 0 bridgehead atoms. The standard InChI is InChI=1S/C23H19FN4O5S/c1-33-21-8-3-2-7-20(21)27-34(31,32)17-6-4-5-16(12-17)26-22(29)13-28-14-25-19-10-9-15(24)11-18(19)23(28)30/h2-12,14,27H,13H2,1H3,(H,26,29). The molecule has 3 aromatic carbocycles. The van der Waals surface area contributed by atoms with Gasteiger partial charge in [-0.05, 0) is 48.5 Å². The van der Waals surface area contributed by atoms with Gasteiger partial charge in [0, 0.05) is 5.69 Å². The fourth-order valence-electron chi connectivity index (χ4n) is 3.27. The highest BCUT2D eigenvalue weighted by molar-refractivity contribution is 7.92. The van der Waals surface area contributed by atoms with Crippen LogP contribution in [0.15, 0.2) is 82.7 Å². The minimum atomic E-state index is -3.98. The fourth-order valence-corrected chi connectivity index (χ4v) is 4.39. The van der Waals surface area contributed by atoms with Crippen LogP contribution in [-0.2, 0) is 21.4 Å². The topological polar surface area (TPSA) is 119 Å². The van der Waals surface area contributed by atoms with Crippen molar-refractivity contribution in [1.29, 1.82) is 0 Å². The quantitative estimate of drug-likeness (QED) is 0.418. The predicted octanol–water partition coefficient (Wildman–Crippen LogP) is 2.98. The number of para-hydroxylation sites is 2. The van der Waals surface area contributed by atoms with Crippen LogP contribution in [0.3, 0.4) is 0 Å². The molecule has 9 nitrogen and oxygen atoms in total. The number of hydrogen-bond donors (Lipinski definition) is 2. The van der Waals surface area contributed by atoms with Crippen molar-refractivity contribution in [3.8, 4) is 5.75 Å². The molecule has 0 aliphatic rings. The molecule has 1 aromatic heterocycles. The summed E-state index contributed by atoms with van der Waals surface area (Å²) in [7, 11) is -2.55. The number of fused-ring (bicyclic) bond motifs is 1. The van der Waals surface area contributed by atoms with Crippen LogP contribution in [-0.4, -0.2) is 31.0 Å². The van der Waals surface area contributed by atoms with E-state index >= 15 is 0 Å². The van der Waals surface area contributed by atoms with Crippen molar-refractivity contribution in [3.05, 3.63) is 89.2 Å². The van der Waals surface area contributed by atoms with Gasteiger partial charge in [0.05, 0.1) is 34.9 Å². The van der Waals surface area contributed by atoms with E-state index in [0.717, 1.165) is 10.6 Å². The lowest BCUT2D eigenvalue weighted by atomic mass is 10.2. The lowest BCUT2D eigenvalue weighted by Gasteiger charge is -2.13. The number of aromatic nitrogens is 2. The SMILES string of the molecule is COc1ccccc1NS(=O)(=O)c1cccc(NC(=O)Cn2cnc3ccc(F)cc3c2=O)c1. The number of ether oxygens (including phenoxy) is 1. The molecule has 174 valence electrons. The van der Waals surface area contributed by atoms with E-state index in [0.29, 0.717) is 11.3 Å². The Bertz CT molecular complexity index is 1550. The van der Waals surface area contributed by atoms with Crippen molar-refractivity contribution >= 4 is 38.2 Å². The van der Waals surface area contributed by atoms with Crippen molar-refractivity contribution in [2.75, 3.05) is 17.1 Å². The van der Waals surface area contributed by atoms with E-state index in [2.05, 4.69) is 15.0 Å². The first kappa shape index (κ1) is 22.9. The predicted molar refractivity (Wildman–Crippen MR) is 125 cm³/mol. The largest absolute Gasteiger partial charge is 0.495 e. The van der Waals surface area contributed by atoms with Crippen LogP contribution in [0.4, 0.5) is 15.8 Å². The molecule has 2 N–H and O–H groups in total. The zero-order valence-corrected chi connectivity index (χ0v) is 18.7. The zero-order chi connectivity index (χ0) is 24.3. The van der Waals surface area contributed by atoms with Gasteiger partial charge in [-0.2, -0.15) is 0 Å². The number of benzene rings is 3. The molecule has 11 heteroatoms. The summed E-state index contributed by atoms with van der Waals surface area (Å²) < 4.78 is 47.8. The van der Waals surface area contributed by atoms with E-state index < -0.39 is 33.9 Å². The molecule has 0 saturated carbocycles. The Morgan fingerprint density at radius 2 is 1.88 bits per heavy atom. The summed E-state index contributed by atoms with van der Waals surface area (Å²) in [6, 6.07) is 15.8. The van der Waals surface area contributed by atoms with Crippen LogP contribution in [0.5, 0.6) is 5.75 Å². The molecule has 0 aliphatic heterocycles. The van der Waals surface area contributed by atoms with Crippen molar-refractivity contribution in [2.45, 2.75) is 11.4 Å². The van der Waals surface area contributed by atoms with Gasteiger partial charge in [-0.25, -0.2) is 17.8 Å². The van der Waals surface area contributed by atoms with Crippen LogP contribution >= 0.6 is 0 Å². The molecule has 0 atom stereocenters. The van der Waals surface area contributed by atoms with Crippen LogP contribution in [0.2, 0.25) is 0 Å². The Morgan fingerprint density at radius 1 is 1.09 bits per heavy atom. The summed E-state index contributed by atoms with van der Waals surface area (Å²) in [6.07, 6.45) is 1.19. The summed E-state index contributed by atoms with van der Waals surface area (Å²) in [5.74, 6) is -0.829. The number of rotatable bonds is 7. The maximum Gasteiger partial charge on any atom is 0.262 e. The number of nitrogens with zero attached hydrogens (tertiary/aromatic N) is 2. The molecular weight excluding hydrogens is 463 g/mol. The van der Waals surface area contributed by atoms with E-state index in [9.17, 15) is 22.4 Å². The Labute approximate surface area is 193 Å². The van der Waals surface area contributed by atoms with E-state index in [-0.39, 0.29) is 21.7 Å². The summed E-state index contributed by atoms with van der Waals surface area (Å²) in [6.45, 7) is -0.394. The first-order valence-corrected chi connectivity index (χ1v) is 11.5. The van der Waals surface area contributed by atoms with Gasteiger partial charge in [-0.1, -0.05) is 18.2 Å². The first-order valence-electron chi connectivity index (χ1n) is 9.97. The molecule has 1 heterocycles. The number of carbonyl (C=O) groups is 1. The summed E-state index contributed by atoms with van der Waals surface area (Å²) in [5, 5.41) is 2.61. The Morgan fingerprint density at radius 3 is 2.68 bits per heavy atom. The highest BCUT2D eigenvalue weighted by Gasteiger charge is 2.17. The maximum atomic E-state index is 13.5. The highest BCUT2D eigenvalue weighted by Crippen LogP contribution is 2.26. The van der Waals surface area contributed by atoms with Gasteiger partial charge in [-0.15, -0.1) is 0 Å². The molecule has 34 heavy (non-hydrogen) atoms. The van der Waals surface area contributed by atoms with Gasteiger partial charge in [0.2, 0.25) is 5.91 Å². The van der Waals surface area contributed by atoms with Crippen molar-refractivity contribution < 1.29 is 22.3 Å². The van der Waals surface area contributed by atoms with Gasteiger partial charge in [0.1, 0.15) is 18.1 Å². The molecule has 0 spiro atoms. The molecular formula is C23H19FN4O5S. The summed E-state index contributed by atoms with van der Waals surface area (Å²) >= 11 is 0. The van der Waals surface area contributed by atoms with Crippen molar-refractivity contribution in [3.63, 3.8) is 0 Å². The minimum Gasteiger partial charge on any atom is -0.495 e. The average molecular weight is 482 g/mol. The van der Waals surface area contributed by atoms with E-state index in [1.54, 1.807) is 24.3 Å². The average Bonchev–Trinajstić information content (AvgIpc) is 2.81. The van der Waals surface area contributed by atoms with Gasteiger partial charge >= 0.3 is 0 Å². The van der Waals surface area contributed by atoms with Crippen molar-refractivity contribution in [2.24, 2.45) is 0 Å². The third-order valence-electron chi connectivity index (χ3n) is 4.88. The third-order valence-corrected chi connectivity index (χ3v) is 6.24. The molecule has 0 aliphatic carbocycles. The van der Waals surface area contributed by atoms with Gasteiger partial charge in [0.25, 0.3) is 15.6 Å². The Balaban J connectivity index is 1.52.